The molecule has 1 N–H and O–H groups in total. The van der Waals surface area contributed by atoms with Gasteiger partial charge in [0, 0.05) is 42.9 Å². The molecule has 1 fully saturated rings. The van der Waals surface area contributed by atoms with Crippen molar-refractivity contribution in [3.8, 4) is 16.9 Å². The maximum Gasteiger partial charge on any atom is 0.0973 e. The highest BCUT2D eigenvalue weighted by molar-refractivity contribution is 5.62. The number of nitrogens with zero attached hydrogens (tertiary/aromatic N) is 3. The van der Waals surface area contributed by atoms with Crippen molar-refractivity contribution in [2.24, 2.45) is 0 Å². The Labute approximate surface area is 166 Å². The van der Waals surface area contributed by atoms with Gasteiger partial charge in [0.05, 0.1) is 17.5 Å². The Morgan fingerprint density at radius 2 is 1.82 bits per heavy atom. The van der Waals surface area contributed by atoms with Crippen LogP contribution in [0.4, 0.5) is 0 Å². The van der Waals surface area contributed by atoms with E-state index in [0.717, 1.165) is 43.1 Å². The van der Waals surface area contributed by atoms with Crippen LogP contribution in [0.15, 0.2) is 61.1 Å². The van der Waals surface area contributed by atoms with Gasteiger partial charge in [0.15, 0.2) is 0 Å². The minimum Gasteiger partial charge on any atom is -0.378 e. The summed E-state index contributed by atoms with van der Waals surface area (Å²) in [6.45, 7) is 2.57. The number of nitrogens with one attached hydrogen (secondary N) is 1. The molecule has 0 aliphatic heterocycles. The van der Waals surface area contributed by atoms with Crippen molar-refractivity contribution >= 4 is 0 Å². The van der Waals surface area contributed by atoms with Crippen LogP contribution in [0.1, 0.15) is 37.7 Å². The van der Waals surface area contributed by atoms with Crippen LogP contribution in [0.25, 0.3) is 16.9 Å². The van der Waals surface area contributed by atoms with Gasteiger partial charge in [-0.15, -0.1) is 0 Å². The predicted molar refractivity (Wildman–Crippen MR) is 111 cm³/mol. The van der Waals surface area contributed by atoms with Crippen molar-refractivity contribution in [1.82, 2.24) is 20.1 Å². The highest BCUT2D eigenvalue weighted by Gasteiger charge is 2.15. The number of pyridine rings is 1. The molecule has 0 saturated heterocycles. The summed E-state index contributed by atoms with van der Waals surface area (Å²) in [7, 11) is 0. The van der Waals surface area contributed by atoms with Gasteiger partial charge in [0.1, 0.15) is 0 Å². The Bertz CT molecular complexity index is 842. The fourth-order valence-electron chi connectivity index (χ4n) is 3.73. The van der Waals surface area contributed by atoms with Crippen molar-refractivity contribution < 1.29 is 4.74 Å². The minimum atomic E-state index is 0.502. The molecule has 5 heteroatoms. The molecule has 4 rings (SSSR count). The Kier molecular flexibility index (Phi) is 6.48. The normalized spacial score (nSPS) is 14.6. The first-order valence-electron chi connectivity index (χ1n) is 10.3. The van der Waals surface area contributed by atoms with E-state index < -0.39 is 0 Å². The fraction of sp³-hybridized carbons (Fsp3) is 0.391. The van der Waals surface area contributed by atoms with Crippen LogP contribution in [0.5, 0.6) is 0 Å². The number of hydrogen-bond acceptors (Lipinski definition) is 4. The van der Waals surface area contributed by atoms with E-state index in [9.17, 15) is 0 Å². The summed E-state index contributed by atoms with van der Waals surface area (Å²) >= 11 is 0. The van der Waals surface area contributed by atoms with Crippen molar-refractivity contribution in [3.05, 3.63) is 66.6 Å². The lowest BCUT2D eigenvalue weighted by molar-refractivity contribution is 0.0568. The molecule has 0 bridgehead atoms. The zero-order chi connectivity index (χ0) is 19.0. The molecule has 1 aromatic carbocycles. The summed E-state index contributed by atoms with van der Waals surface area (Å²) in [6, 6.07) is 14.2. The van der Waals surface area contributed by atoms with Crippen LogP contribution in [-0.4, -0.2) is 34.0 Å². The first-order valence-corrected chi connectivity index (χ1v) is 10.3. The molecule has 28 heavy (non-hydrogen) atoms. The van der Waals surface area contributed by atoms with Crippen molar-refractivity contribution in [2.75, 3.05) is 13.2 Å². The maximum absolute atomic E-state index is 5.95. The summed E-state index contributed by atoms with van der Waals surface area (Å²) in [4.78, 5) is 4.13. The smallest absolute Gasteiger partial charge is 0.0973 e. The molecule has 0 spiro atoms. The summed E-state index contributed by atoms with van der Waals surface area (Å²) in [6.07, 6.45) is 12.4. The highest BCUT2D eigenvalue weighted by Crippen LogP contribution is 2.23. The second kappa shape index (κ2) is 9.62. The molecule has 0 amide bonds. The monoisotopic (exact) mass is 376 g/mol. The molecular formula is C23H28N4O. The van der Waals surface area contributed by atoms with E-state index in [2.05, 4.69) is 28.6 Å². The Hall–Kier alpha value is -2.50. The molecule has 1 aliphatic carbocycles. The predicted octanol–water partition coefficient (Wildman–Crippen LogP) is 4.37. The van der Waals surface area contributed by atoms with Crippen LogP contribution in [-0.2, 0) is 11.3 Å². The summed E-state index contributed by atoms with van der Waals surface area (Å²) in [5, 5.41) is 8.40. The molecule has 0 atom stereocenters. The molecule has 0 unspecified atom stereocenters. The molecule has 3 aromatic rings. The van der Waals surface area contributed by atoms with E-state index in [1.165, 1.54) is 31.2 Å². The van der Waals surface area contributed by atoms with E-state index >= 15 is 0 Å². The van der Waals surface area contributed by atoms with Gasteiger partial charge >= 0.3 is 0 Å². The van der Waals surface area contributed by atoms with Crippen molar-refractivity contribution in [2.45, 2.75) is 44.8 Å². The van der Waals surface area contributed by atoms with Gasteiger partial charge < -0.3 is 10.1 Å². The number of ether oxygens (including phenoxy) is 1. The number of para-hydroxylation sites is 1. The molecule has 2 heterocycles. The second-order valence-corrected chi connectivity index (χ2v) is 7.33. The third-order valence-corrected chi connectivity index (χ3v) is 5.23. The van der Waals surface area contributed by atoms with Crippen molar-refractivity contribution in [1.29, 1.82) is 0 Å². The maximum atomic E-state index is 5.95. The van der Waals surface area contributed by atoms with E-state index in [-0.39, 0.29) is 0 Å². The van der Waals surface area contributed by atoms with Gasteiger partial charge in [0.25, 0.3) is 0 Å². The van der Waals surface area contributed by atoms with E-state index in [1.807, 2.05) is 47.4 Å². The third kappa shape index (κ3) is 4.86. The van der Waals surface area contributed by atoms with Gasteiger partial charge in [-0.2, -0.15) is 5.10 Å². The number of hydrogen-bond donors (Lipinski definition) is 1. The second-order valence-electron chi connectivity index (χ2n) is 7.33. The molecule has 1 saturated carbocycles. The van der Waals surface area contributed by atoms with Gasteiger partial charge in [-0.3, -0.25) is 4.98 Å². The number of aromatic nitrogens is 3. The average Bonchev–Trinajstić information content (AvgIpc) is 3.42. The topological polar surface area (TPSA) is 52.0 Å². The largest absolute Gasteiger partial charge is 0.378 e. The van der Waals surface area contributed by atoms with E-state index in [1.54, 1.807) is 0 Å². The van der Waals surface area contributed by atoms with Crippen molar-refractivity contribution in [3.63, 3.8) is 0 Å². The molecule has 2 aromatic heterocycles. The molecule has 146 valence electrons. The molecule has 1 aliphatic rings. The Morgan fingerprint density at radius 1 is 1.04 bits per heavy atom. The van der Waals surface area contributed by atoms with Crippen LogP contribution in [0.2, 0.25) is 0 Å². The number of benzene rings is 1. The molecule has 5 nitrogen and oxygen atoms in total. The first kappa shape index (κ1) is 18.8. The first-order chi connectivity index (χ1) is 13.9. The van der Waals surface area contributed by atoms with Gasteiger partial charge in [-0.1, -0.05) is 31.0 Å². The van der Waals surface area contributed by atoms with Crippen LogP contribution in [0, 0.1) is 0 Å². The van der Waals surface area contributed by atoms with Gasteiger partial charge in [0.2, 0.25) is 0 Å². The van der Waals surface area contributed by atoms with E-state index in [0.29, 0.717) is 6.10 Å². The third-order valence-electron chi connectivity index (χ3n) is 5.23. The summed E-state index contributed by atoms with van der Waals surface area (Å²) in [5.74, 6) is 0. The quantitative estimate of drug-likeness (QED) is 0.563. The summed E-state index contributed by atoms with van der Waals surface area (Å²) in [5.41, 5.74) is 4.34. The lowest BCUT2D eigenvalue weighted by Gasteiger charge is -2.11. The number of rotatable bonds is 9. The van der Waals surface area contributed by atoms with E-state index in [4.69, 9.17) is 9.84 Å². The lowest BCUT2D eigenvalue weighted by atomic mass is 10.1. The lowest BCUT2D eigenvalue weighted by Crippen LogP contribution is -2.18. The van der Waals surface area contributed by atoms with Crippen LogP contribution in [0.3, 0.4) is 0 Å². The average molecular weight is 377 g/mol. The van der Waals surface area contributed by atoms with Crippen LogP contribution >= 0.6 is 0 Å². The Balaban J connectivity index is 1.38. The zero-order valence-electron chi connectivity index (χ0n) is 16.3. The molecular weight excluding hydrogens is 348 g/mol. The standard InChI is InChI=1S/C23H28N4O/c1-2-7-21(8-3-1)27-18-20(23(26-27)19-11-14-24-15-12-19)17-25-13-6-16-28-22-9-4-5-10-22/h1-3,7-8,11-12,14-15,18,22,25H,4-6,9-10,13,16-17H2. The summed E-state index contributed by atoms with van der Waals surface area (Å²) < 4.78 is 7.90. The zero-order valence-corrected chi connectivity index (χ0v) is 16.3. The Morgan fingerprint density at radius 3 is 2.61 bits per heavy atom. The minimum absolute atomic E-state index is 0.502. The molecule has 0 radical (unpaired) electrons. The SMILES string of the molecule is c1ccc(-n2cc(CNCCCOC3CCCC3)c(-c3ccncc3)n2)cc1. The fourth-order valence-corrected chi connectivity index (χ4v) is 3.73. The van der Waals surface area contributed by atoms with Gasteiger partial charge in [-0.05, 0) is 50.1 Å². The van der Waals surface area contributed by atoms with Gasteiger partial charge in [-0.25, -0.2) is 4.68 Å². The van der Waals surface area contributed by atoms with Crippen LogP contribution < -0.4 is 5.32 Å². The highest BCUT2D eigenvalue weighted by atomic mass is 16.5.